The Hall–Kier alpha value is -8.08. The van der Waals surface area contributed by atoms with E-state index in [2.05, 4.69) is 209 Å². The summed E-state index contributed by atoms with van der Waals surface area (Å²) in [5, 5.41) is 5.97. The van der Waals surface area contributed by atoms with Crippen molar-refractivity contribution in [3.63, 3.8) is 0 Å². The van der Waals surface area contributed by atoms with E-state index >= 15 is 0 Å². The van der Waals surface area contributed by atoms with Crippen molar-refractivity contribution in [3.05, 3.63) is 218 Å². The van der Waals surface area contributed by atoms with E-state index in [0.717, 1.165) is 44.6 Å². The summed E-state index contributed by atoms with van der Waals surface area (Å²) in [6, 6.07) is 78.0. The number of hydrogen-bond acceptors (Lipinski definition) is 2. The third-order valence-corrected chi connectivity index (χ3v) is 11.9. The molecule has 0 saturated carbocycles. The van der Waals surface area contributed by atoms with Gasteiger partial charge >= 0.3 is 0 Å². The quantitative estimate of drug-likeness (QED) is 0.169. The normalized spacial score (nSPS) is 11.7. The van der Waals surface area contributed by atoms with Gasteiger partial charge in [-0.3, -0.25) is 0 Å². The summed E-state index contributed by atoms with van der Waals surface area (Å²) in [6.45, 7) is 0. The Bertz CT molecular complexity index is 3560. The highest BCUT2D eigenvalue weighted by atomic mass is 15.0. The lowest BCUT2D eigenvalue weighted by molar-refractivity contribution is 1.17. The Labute approximate surface area is 346 Å². The second-order valence-electron chi connectivity index (χ2n) is 15.4. The molecule has 0 aliphatic rings. The summed E-state index contributed by atoms with van der Waals surface area (Å²) in [5.41, 5.74) is 15.7. The zero-order valence-corrected chi connectivity index (χ0v) is 32.6. The molecule has 4 nitrogen and oxygen atoms in total. The predicted molar refractivity (Wildman–Crippen MR) is 250 cm³/mol. The highest BCUT2D eigenvalue weighted by Crippen LogP contribution is 2.39. The molecule has 3 aromatic heterocycles. The molecule has 12 aromatic rings. The smallest absolute Gasteiger partial charge is 0.160 e. The monoisotopic (exact) mass is 764 g/mol. The summed E-state index contributed by atoms with van der Waals surface area (Å²) >= 11 is 0. The van der Waals surface area contributed by atoms with Crippen molar-refractivity contribution in [2.45, 2.75) is 0 Å². The first kappa shape index (κ1) is 34.0. The number of para-hydroxylation sites is 3. The van der Waals surface area contributed by atoms with Crippen molar-refractivity contribution in [3.8, 4) is 56.3 Å². The Balaban J connectivity index is 0.934. The van der Waals surface area contributed by atoms with Crippen LogP contribution in [0.2, 0.25) is 0 Å². The Morgan fingerprint density at radius 3 is 1.25 bits per heavy atom. The number of aromatic nitrogens is 4. The van der Waals surface area contributed by atoms with Gasteiger partial charge in [0.25, 0.3) is 0 Å². The first-order valence-corrected chi connectivity index (χ1v) is 20.4. The third-order valence-electron chi connectivity index (χ3n) is 11.9. The molecule has 0 radical (unpaired) electrons. The molecule has 0 saturated heterocycles. The molecule has 0 spiro atoms. The fourth-order valence-electron chi connectivity index (χ4n) is 9.08. The van der Waals surface area contributed by atoms with Gasteiger partial charge in [0.05, 0.1) is 33.3 Å². The molecule has 0 aliphatic heterocycles. The highest BCUT2D eigenvalue weighted by molar-refractivity contribution is 6.12. The summed E-state index contributed by atoms with van der Waals surface area (Å²) in [6.07, 6.45) is 0. The molecule has 0 atom stereocenters. The Kier molecular flexibility index (Phi) is 7.82. The molecule has 280 valence electrons. The predicted octanol–water partition coefficient (Wildman–Crippen LogP) is 14.5. The van der Waals surface area contributed by atoms with E-state index in [-0.39, 0.29) is 0 Å². The zero-order chi connectivity index (χ0) is 39.6. The summed E-state index contributed by atoms with van der Waals surface area (Å²) in [7, 11) is 0. The summed E-state index contributed by atoms with van der Waals surface area (Å²) < 4.78 is 4.76. The minimum Gasteiger partial charge on any atom is -0.309 e. The molecule has 0 aliphatic carbocycles. The molecule has 4 heteroatoms. The van der Waals surface area contributed by atoms with Crippen LogP contribution in [0.15, 0.2) is 218 Å². The molecule has 0 fully saturated rings. The second-order valence-corrected chi connectivity index (χ2v) is 15.4. The summed E-state index contributed by atoms with van der Waals surface area (Å²) in [4.78, 5) is 10.1. The van der Waals surface area contributed by atoms with E-state index in [0.29, 0.717) is 5.82 Å². The molecule has 0 N–H and O–H groups in total. The highest BCUT2D eigenvalue weighted by Gasteiger charge is 2.17. The van der Waals surface area contributed by atoms with E-state index in [1.807, 2.05) is 18.2 Å². The maximum Gasteiger partial charge on any atom is 0.160 e. The fraction of sp³-hybridized carbons (Fsp3) is 0. The lowest BCUT2D eigenvalue weighted by Gasteiger charge is -2.11. The topological polar surface area (TPSA) is 35.6 Å². The Morgan fingerprint density at radius 1 is 0.267 bits per heavy atom. The molecule has 3 heterocycles. The van der Waals surface area contributed by atoms with Crippen LogP contribution in [0.3, 0.4) is 0 Å². The van der Waals surface area contributed by atoms with Crippen LogP contribution in [0, 0.1) is 0 Å². The van der Waals surface area contributed by atoms with Crippen molar-refractivity contribution in [1.82, 2.24) is 19.1 Å². The molecular formula is C56H36N4. The van der Waals surface area contributed by atoms with Crippen molar-refractivity contribution in [2.75, 3.05) is 0 Å². The minimum absolute atomic E-state index is 0.715. The average molecular weight is 765 g/mol. The van der Waals surface area contributed by atoms with Crippen LogP contribution in [0.4, 0.5) is 0 Å². The average Bonchev–Trinajstić information content (AvgIpc) is 3.84. The van der Waals surface area contributed by atoms with Crippen molar-refractivity contribution in [1.29, 1.82) is 0 Å². The molecule has 0 unspecified atom stereocenters. The van der Waals surface area contributed by atoms with Gasteiger partial charge in [-0.2, -0.15) is 0 Å². The molecular weight excluding hydrogens is 729 g/mol. The second kappa shape index (κ2) is 13.8. The fourth-order valence-corrected chi connectivity index (χ4v) is 9.08. The van der Waals surface area contributed by atoms with Crippen LogP contribution in [-0.4, -0.2) is 19.1 Å². The molecule has 12 rings (SSSR count). The number of fused-ring (bicyclic) bond motifs is 7. The van der Waals surface area contributed by atoms with Crippen molar-refractivity contribution < 1.29 is 0 Å². The van der Waals surface area contributed by atoms with Gasteiger partial charge in [-0.25, -0.2) is 9.97 Å². The standard InChI is InChI=1S/C56H36N4/c1-3-13-37(14-4-1)38-23-29-43(30-24-38)59-51-21-11-8-17-45(51)48-35-41(27-33-53(48)59)42-28-34-54-49(36-42)46-18-9-12-22-52(46)60(54)44-31-25-40(26-32-44)56-57-50-20-10-7-19-47(50)55(58-56)39-15-5-2-6-16-39/h1-36H. The number of hydrogen-bond donors (Lipinski definition) is 0. The van der Waals surface area contributed by atoms with E-state index in [4.69, 9.17) is 9.97 Å². The van der Waals surface area contributed by atoms with Gasteiger partial charge in [-0.15, -0.1) is 0 Å². The van der Waals surface area contributed by atoms with E-state index < -0.39 is 0 Å². The maximum atomic E-state index is 5.12. The van der Waals surface area contributed by atoms with Gasteiger partial charge in [-0.1, -0.05) is 140 Å². The van der Waals surface area contributed by atoms with E-state index in [9.17, 15) is 0 Å². The number of benzene rings is 9. The van der Waals surface area contributed by atoms with Gasteiger partial charge < -0.3 is 9.13 Å². The first-order chi connectivity index (χ1) is 29.7. The van der Waals surface area contributed by atoms with Gasteiger partial charge in [0, 0.05) is 49.4 Å². The summed E-state index contributed by atoms with van der Waals surface area (Å²) in [5.74, 6) is 0.715. The van der Waals surface area contributed by atoms with Crippen LogP contribution in [-0.2, 0) is 0 Å². The third kappa shape index (κ3) is 5.53. The molecule has 9 aromatic carbocycles. The number of rotatable bonds is 6. The van der Waals surface area contributed by atoms with E-state index in [1.54, 1.807) is 0 Å². The van der Waals surface area contributed by atoms with Crippen LogP contribution >= 0.6 is 0 Å². The Morgan fingerprint density at radius 2 is 0.683 bits per heavy atom. The van der Waals surface area contributed by atoms with Gasteiger partial charge in [0.2, 0.25) is 0 Å². The van der Waals surface area contributed by atoms with Crippen molar-refractivity contribution in [2.24, 2.45) is 0 Å². The molecule has 0 amide bonds. The SMILES string of the molecule is c1ccc(-c2ccc(-n3c4ccccc4c4cc(-c5ccc6c(c5)c5ccccc5n6-c5ccc(-c6nc(-c7ccccc7)c7ccccc7n6)cc5)ccc43)cc2)cc1. The lowest BCUT2D eigenvalue weighted by atomic mass is 10.0. The number of nitrogens with zero attached hydrogens (tertiary/aromatic N) is 4. The van der Waals surface area contributed by atoms with Crippen LogP contribution in [0.1, 0.15) is 0 Å². The molecule has 60 heavy (non-hydrogen) atoms. The van der Waals surface area contributed by atoms with Gasteiger partial charge in [-0.05, 0) is 101 Å². The van der Waals surface area contributed by atoms with Crippen LogP contribution < -0.4 is 0 Å². The minimum atomic E-state index is 0.715. The first-order valence-electron chi connectivity index (χ1n) is 20.4. The van der Waals surface area contributed by atoms with Crippen molar-refractivity contribution >= 4 is 54.5 Å². The van der Waals surface area contributed by atoms with E-state index in [1.165, 1.54) is 60.3 Å². The molecule has 0 bridgehead atoms. The largest absolute Gasteiger partial charge is 0.309 e. The lowest BCUT2D eigenvalue weighted by Crippen LogP contribution is -1.97. The zero-order valence-electron chi connectivity index (χ0n) is 32.6. The maximum absolute atomic E-state index is 5.12. The van der Waals surface area contributed by atoms with Gasteiger partial charge in [0.1, 0.15) is 0 Å². The van der Waals surface area contributed by atoms with Crippen LogP contribution in [0.5, 0.6) is 0 Å². The van der Waals surface area contributed by atoms with Gasteiger partial charge in [0.15, 0.2) is 5.82 Å². The van der Waals surface area contributed by atoms with Crippen LogP contribution in [0.25, 0.3) is 111 Å².